The Kier molecular flexibility index (Phi) is 5.77. The molecule has 2 aromatic rings. The molecule has 0 unspecified atom stereocenters. The Balaban J connectivity index is 2.10. The van der Waals surface area contributed by atoms with Gasteiger partial charge in [-0.05, 0) is 84.0 Å². The summed E-state index contributed by atoms with van der Waals surface area (Å²) in [5, 5.41) is 6.33. The third-order valence-corrected chi connectivity index (χ3v) is 4.25. The van der Waals surface area contributed by atoms with Gasteiger partial charge >= 0.3 is 0 Å². The molecule has 0 aliphatic rings. The highest BCUT2D eigenvalue weighted by molar-refractivity contribution is 14.1. The molecular formula is C16H14ClIN2OS. The van der Waals surface area contributed by atoms with Gasteiger partial charge in [0.25, 0.3) is 5.91 Å². The van der Waals surface area contributed by atoms with Gasteiger partial charge in [0.1, 0.15) is 0 Å². The molecule has 2 N–H and O–H groups in total. The Morgan fingerprint density at radius 1 is 1.18 bits per heavy atom. The summed E-state index contributed by atoms with van der Waals surface area (Å²) in [6.07, 6.45) is 0. The van der Waals surface area contributed by atoms with E-state index >= 15 is 0 Å². The first kappa shape index (κ1) is 17.2. The van der Waals surface area contributed by atoms with Crippen molar-refractivity contribution in [3.8, 4) is 0 Å². The van der Waals surface area contributed by atoms with Gasteiger partial charge < -0.3 is 5.32 Å². The van der Waals surface area contributed by atoms with Crippen molar-refractivity contribution in [2.24, 2.45) is 0 Å². The highest BCUT2D eigenvalue weighted by atomic mass is 127. The molecule has 0 saturated carbocycles. The molecule has 6 heteroatoms. The Morgan fingerprint density at radius 3 is 2.64 bits per heavy atom. The molecule has 0 aliphatic carbocycles. The van der Waals surface area contributed by atoms with Gasteiger partial charge in [0.2, 0.25) is 0 Å². The number of hydrogen-bond donors (Lipinski definition) is 2. The van der Waals surface area contributed by atoms with E-state index in [1.54, 1.807) is 12.1 Å². The maximum atomic E-state index is 12.2. The number of anilines is 1. The summed E-state index contributed by atoms with van der Waals surface area (Å²) in [4.78, 5) is 12.2. The second-order valence-electron chi connectivity index (χ2n) is 4.85. The van der Waals surface area contributed by atoms with Crippen molar-refractivity contribution in [3.05, 3.63) is 61.7 Å². The lowest BCUT2D eigenvalue weighted by Crippen LogP contribution is -2.34. The van der Waals surface area contributed by atoms with E-state index in [4.69, 9.17) is 23.8 Å². The second kappa shape index (κ2) is 7.39. The number of carbonyl (C=O) groups excluding carboxylic acids is 1. The zero-order valence-corrected chi connectivity index (χ0v) is 15.8. The lowest BCUT2D eigenvalue weighted by molar-refractivity contribution is 0.0978. The van der Waals surface area contributed by atoms with Crippen LogP contribution in [0.4, 0.5) is 5.69 Å². The monoisotopic (exact) mass is 444 g/mol. The van der Waals surface area contributed by atoms with Crippen molar-refractivity contribution < 1.29 is 4.79 Å². The topological polar surface area (TPSA) is 41.1 Å². The zero-order chi connectivity index (χ0) is 16.3. The van der Waals surface area contributed by atoms with E-state index < -0.39 is 0 Å². The van der Waals surface area contributed by atoms with Crippen LogP contribution in [0.5, 0.6) is 0 Å². The number of hydrogen-bond acceptors (Lipinski definition) is 2. The fourth-order valence-corrected chi connectivity index (χ4v) is 2.76. The Bertz CT molecular complexity index is 749. The first-order valence-electron chi connectivity index (χ1n) is 6.51. The van der Waals surface area contributed by atoms with Crippen molar-refractivity contribution in [1.29, 1.82) is 0 Å². The van der Waals surface area contributed by atoms with E-state index in [0.717, 1.165) is 20.4 Å². The molecule has 3 nitrogen and oxygen atoms in total. The van der Waals surface area contributed by atoms with Gasteiger partial charge in [0.15, 0.2) is 5.11 Å². The zero-order valence-electron chi connectivity index (χ0n) is 12.0. The number of aryl methyl sites for hydroxylation is 2. The molecule has 0 atom stereocenters. The van der Waals surface area contributed by atoms with E-state index in [0.29, 0.717) is 10.6 Å². The van der Waals surface area contributed by atoms with Gasteiger partial charge in [-0.25, -0.2) is 0 Å². The highest BCUT2D eigenvalue weighted by Gasteiger charge is 2.13. The average molecular weight is 445 g/mol. The van der Waals surface area contributed by atoms with E-state index in [9.17, 15) is 4.79 Å². The van der Waals surface area contributed by atoms with Crippen molar-refractivity contribution in [1.82, 2.24) is 5.32 Å². The van der Waals surface area contributed by atoms with Gasteiger partial charge in [-0.2, -0.15) is 0 Å². The van der Waals surface area contributed by atoms with Crippen LogP contribution >= 0.6 is 46.4 Å². The van der Waals surface area contributed by atoms with E-state index in [1.165, 1.54) is 0 Å². The van der Waals surface area contributed by atoms with Crippen molar-refractivity contribution in [2.45, 2.75) is 13.8 Å². The standard InChI is InChI=1S/C16H14ClIN2OS/c1-9-3-4-10(2)14(7-9)19-16(22)20-15(21)12-8-11(18)5-6-13(12)17/h3-8H,1-2H3,(H2,19,20,21,22). The number of halogens is 2. The molecule has 0 heterocycles. The Hall–Kier alpha value is -1.18. The first-order valence-corrected chi connectivity index (χ1v) is 8.38. The molecule has 0 aliphatic heterocycles. The molecular weight excluding hydrogens is 431 g/mol. The van der Waals surface area contributed by atoms with Crippen LogP contribution < -0.4 is 10.6 Å². The maximum Gasteiger partial charge on any atom is 0.258 e. The minimum Gasteiger partial charge on any atom is -0.332 e. The molecule has 0 spiro atoms. The molecule has 22 heavy (non-hydrogen) atoms. The van der Waals surface area contributed by atoms with Crippen LogP contribution in [0.2, 0.25) is 5.02 Å². The smallest absolute Gasteiger partial charge is 0.258 e. The number of nitrogens with one attached hydrogen (secondary N) is 2. The molecule has 2 aromatic carbocycles. The number of thiocarbonyl (C=S) groups is 1. The van der Waals surface area contributed by atoms with Crippen LogP contribution in [0.25, 0.3) is 0 Å². The Morgan fingerprint density at radius 2 is 1.91 bits per heavy atom. The molecule has 0 fully saturated rings. The van der Waals surface area contributed by atoms with E-state index in [1.807, 2.05) is 38.1 Å². The molecule has 0 radical (unpaired) electrons. The summed E-state index contributed by atoms with van der Waals surface area (Å²) in [6, 6.07) is 11.3. The molecule has 114 valence electrons. The normalized spacial score (nSPS) is 10.2. The van der Waals surface area contributed by atoms with Crippen LogP contribution in [0.15, 0.2) is 36.4 Å². The summed E-state index contributed by atoms with van der Waals surface area (Å²) >= 11 is 13.4. The van der Waals surface area contributed by atoms with Crippen LogP contribution in [0.1, 0.15) is 21.5 Å². The third kappa shape index (κ3) is 4.41. The van der Waals surface area contributed by atoms with Crippen molar-refractivity contribution >= 4 is 63.1 Å². The van der Waals surface area contributed by atoms with Gasteiger partial charge in [0, 0.05) is 9.26 Å². The number of amides is 1. The second-order valence-corrected chi connectivity index (χ2v) is 6.91. The summed E-state index contributed by atoms with van der Waals surface area (Å²) in [6.45, 7) is 3.97. The number of benzene rings is 2. The molecule has 0 aromatic heterocycles. The van der Waals surface area contributed by atoms with Gasteiger partial charge in [-0.1, -0.05) is 23.7 Å². The van der Waals surface area contributed by atoms with Crippen LogP contribution in [0.3, 0.4) is 0 Å². The minimum absolute atomic E-state index is 0.244. The summed E-state index contributed by atoms with van der Waals surface area (Å²) < 4.78 is 0.931. The summed E-state index contributed by atoms with van der Waals surface area (Å²) in [5.41, 5.74) is 3.44. The van der Waals surface area contributed by atoms with E-state index in [-0.39, 0.29) is 11.0 Å². The van der Waals surface area contributed by atoms with Gasteiger partial charge in [-0.3, -0.25) is 10.1 Å². The summed E-state index contributed by atoms with van der Waals surface area (Å²) in [5.74, 6) is -0.327. The molecule has 2 rings (SSSR count). The van der Waals surface area contributed by atoms with Crippen LogP contribution in [-0.4, -0.2) is 11.0 Å². The highest BCUT2D eigenvalue weighted by Crippen LogP contribution is 2.19. The van der Waals surface area contributed by atoms with Crippen LogP contribution in [-0.2, 0) is 0 Å². The average Bonchev–Trinajstić information content (AvgIpc) is 2.45. The SMILES string of the molecule is Cc1ccc(C)c(NC(=S)NC(=O)c2cc(I)ccc2Cl)c1. The number of carbonyl (C=O) groups is 1. The third-order valence-electron chi connectivity index (χ3n) is 3.04. The molecule has 0 saturated heterocycles. The van der Waals surface area contributed by atoms with E-state index in [2.05, 4.69) is 33.2 Å². The maximum absolute atomic E-state index is 12.2. The van der Waals surface area contributed by atoms with Gasteiger partial charge in [-0.15, -0.1) is 0 Å². The molecule has 0 bridgehead atoms. The fourth-order valence-electron chi connectivity index (χ4n) is 1.87. The Labute approximate surface area is 153 Å². The quantitative estimate of drug-likeness (QED) is 0.522. The number of rotatable bonds is 2. The van der Waals surface area contributed by atoms with Gasteiger partial charge in [0.05, 0.1) is 10.6 Å². The minimum atomic E-state index is -0.327. The largest absolute Gasteiger partial charge is 0.332 e. The van der Waals surface area contributed by atoms with Crippen molar-refractivity contribution in [2.75, 3.05) is 5.32 Å². The fraction of sp³-hybridized carbons (Fsp3) is 0.125. The molecule has 1 amide bonds. The van der Waals surface area contributed by atoms with Crippen LogP contribution in [0, 0.1) is 17.4 Å². The first-order chi connectivity index (χ1) is 10.4. The predicted octanol–water partition coefficient (Wildman–Crippen LogP) is 4.69. The summed E-state index contributed by atoms with van der Waals surface area (Å²) in [7, 11) is 0. The lowest BCUT2D eigenvalue weighted by atomic mass is 10.1. The lowest BCUT2D eigenvalue weighted by Gasteiger charge is -2.13. The predicted molar refractivity (Wildman–Crippen MR) is 104 cm³/mol. The van der Waals surface area contributed by atoms with Crippen molar-refractivity contribution in [3.63, 3.8) is 0 Å².